The summed E-state index contributed by atoms with van der Waals surface area (Å²) in [5.41, 5.74) is 1.82. The van der Waals surface area contributed by atoms with Crippen LogP contribution >= 0.6 is 23.1 Å². The smallest absolute Gasteiger partial charge is 0.355 e. The van der Waals surface area contributed by atoms with Crippen LogP contribution in [0.1, 0.15) is 39.4 Å². The van der Waals surface area contributed by atoms with Gasteiger partial charge in [-0.2, -0.15) is 0 Å². The molecule has 0 unspecified atom stereocenters. The maximum atomic E-state index is 12.4. The van der Waals surface area contributed by atoms with Gasteiger partial charge >= 0.3 is 5.97 Å². The number of thioether (sulfide) groups is 1. The fourth-order valence-electron chi connectivity index (χ4n) is 3.93. The van der Waals surface area contributed by atoms with Crippen LogP contribution in [-0.4, -0.2) is 67.3 Å². The Balaban J connectivity index is 1.28. The molecule has 11 heteroatoms. The van der Waals surface area contributed by atoms with Crippen LogP contribution in [0.2, 0.25) is 0 Å². The van der Waals surface area contributed by atoms with Gasteiger partial charge in [-0.3, -0.25) is 14.6 Å². The number of nitrogens with one attached hydrogen (secondary N) is 1. The van der Waals surface area contributed by atoms with Gasteiger partial charge in [0, 0.05) is 42.4 Å². The highest BCUT2D eigenvalue weighted by Gasteiger charge is 2.28. The third kappa shape index (κ3) is 7.48. The molecule has 0 spiro atoms. The SMILES string of the molecule is O=C(O)c1csc(SCCN2C(=O)CC[C@@H]2/C=C/[C@@H](O)Cc2cccc(NC(=O)c3ccccn3)c2)n1. The Hall–Kier alpha value is -3.54. The van der Waals surface area contributed by atoms with E-state index >= 15 is 0 Å². The summed E-state index contributed by atoms with van der Waals surface area (Å²) in [6, 6.07) is 12.3. The van der Waals surface area contributed by atoms with Gasteiger partial charge in [0.2, 0.25) is 5.91 Å². The standard InChI is InChI=1S/C26H26N4O5S2/c31-20(15-17-4-3-5-18(14-17)28-24(33)21-6-1-2-11-27-21)9-7-19-8-10-23(32)30(19)12-13-36-26-29-22(16-37-26)25(34)35/h1-7,9,11,14,16,19-20,31H,8,10,12-13,15H2,(H,28,33)(H,34,35)/b9-7+/t19-,20+/m0/s1. The zero-order valence-corrected chi connectivity index (χ0v) is 21.5. The molecule has 0 saturated carbocycles. The molecule has 1 saturated heterocycles. The number of benzene rings is 1. The summed E-state index contributed by atoms with van der Waals surface area (Å²) in [7, 11) is 0. The summed E-state index contributed by atoms with van der Waals surface area (Å²) in [5.74, 6) is -0.698. The van der Waals surface area contributed by atoms with Gasteiger partial charge in [0.05, 0.1) is 12.1 Å². The fraction of sp³-hybridized carbons (Fsp3) is 0.269. The minimum Gasteiger partial charge on any atom is -0.476 e. The van der Waals surface area contributed by atoms with Crippen molar-refractivity contribution < 1.29 is 24.6 Å². The second-order valence-electron chi connectivity index (χ2n) is 8.37. The summed E-state index contributed by atoms with van der Waals surface area (Å²) in [6.45, 7) is 0.509. The molecule has 192 valence electrons. The molecule has 1 aliphatic heterocycles. The van der Waals surface area contributed by atoms with Gasteiger partial charge in [-0.1, -0.05) is 42.1 Å². The first kappa shape index (κ1) is 26.5. The Morgan fingerprint density at radius 1 is 1.24 bits per heavy atom. The number of aromatic nitrogens is 2. The molecule has 0 aliphatic carbocycles. The van der Waals surface area contributed by atoms with E-state index in [9.17, 15) is 19.5 Å². The van der Waals surface area contributed by atoms with Crippen molar-refractivity contribution in [2.24, 2.45) is 0 Å². The molecule has 0 bridgehead atoms. The number of aliphatic hydroxyl groups is 1. The highest BCUT2D eigenvalue weighted by molar-refractivity contribution is 8.01. The Labute approximate surface area is 222 Å². The Morgan fingerprint density at radius 2 is 2.11 bits per heavy atom. The first-order chi connectivity index (χ1) is 17.9. The number of rotatable bonds is 11. The van der Waals surface area contributed by atoms with Crippen molar-refractivity contribution in [3.05, 3.63) is 83.1 Å². The minimum absolute atomic E-state index is 0.0284. The van der Waals surface area contributed by atoms with E-state index in [1.165, 1.54) is 28.5 Å². The zero-order chi connectivity index (χ0) is 26.2. The molecule has 2 atom stereocenters. The summed E-state index contributed by atoms with van der Waals surface area (Å²) in [4.78, 5) is 45.6. The number of carbonyl (C=O) groups excluding carboxylic acids is 2. The topological polar surface area (TPSA) is 133 Å². The van der Waals surface area contributed by atoms with Gasteiger partial charge in [-0.15, -0.1) is 11.3 Å². The van der Waals surface area contributed by atoms with Crippen LogP contribution < -0.4 is 5.32 Å². The monoisotopic (exact) mass is 538 g/mol. The third-order valence-corrected chi connectivity index (χ3v) is 7.72. The van der Waals surface area contributed by atoms with E-state index in [0.717, 1.165) is 5.56 Å². The van der Waals surface area contributed by atoms with Crippen LogP contribution in [0.5, 0.6) is 0 Å². The fourth-order valence-corrected chi connectivity index (χ4v) is 5.74. The second-order valence-corrected chi connectivity index (χ2v) is 10.6. The second kappa shape index (κ2) is 12.6. The number of nitrogens with zero attached hydrogens (tertiary/aromatic N) is 3. The van der Waals surface area contributed by atoms with E-state index in [1.54, 1.807) is 41.4 Å². The van der Waals surface area contributed by atoms with Gasteiger partial charge in [-0.05, 0) is 36.2 Å². The normalized spacial score (nSPS) is 16.3. The molecule has 37 heavy (non-hydrogen) atoms. The molecule has 3 N–H and O–H groups in total. The summed E-state index contributed by atoms with van der Waals surface area (Å²) < 4.78 is 0.657. The van der Waals surface area contributed by atoms with Crippen molar-refractivity contribution >= 4 is 46.6 Å². The predicted molar refractivity (Wildman–Crippen MR) is 142 cm³/mol. The highest BCUT2D eigenvalue weighted by atomic mass is 32.2. The van der Waals surface area contributed by atoms with E-state index in [2.05, 4.69) is 15.3 Å². The predicted octanol–water partition coefficient (Wildman–Crippen LogP) is 3.73. The molecule has 3 heterocycles. The molecular formula is C26H26N4O5S2. The van der Waals surface area contributed by atoms with Crippen LogP contribution in [0.4, 0.5) is 5.69 Å². The Kier molecular flexibility index (Phi) is 9.04. The third-order valence-electron chi connectivity index (χ3n) is 5.72. The van der Waals surface area contributed by atoms with Crippen LogP contribution in [0.3, 0.4) is 0 Å². The summed E-state index contributed by atoms with van der Waals surface area (Å²) >= 11 is 2.70. The molecule has 4 rings (SSSR count). The molecule has 1 fully saturated rings. The van der Waals surface area contributed by atoms with Crippen LogP contribution in [0, 0.1) is 0 Å². The maximum absolute atomic E-state index is 12.4. The van der Waals surface area contributed by atoms with Gasteiger partial charge < -0.3 is 20.4 Å². The lowest BCUT2D eigenvalue weighted by Gasteiger charge is -2.22. The minimum atomic E-state index is -1.05. The average molecular weight is 539 g/mol. The van der Waals surface area contributed by atoms with E-state index < -0.39 is 12.1 Å². The number of hydrogen-bond acceptors (Lipinski definition) is 8. The number of carboxylic acids is 1. The van der Waals surface area contributed by atoms with Gasteiger partial charge in [-0.25, -0.2) is 9.78 Å². The first-order valence-electron chi connectivity index (χ1n) is 11.7. The number of anilines is 1. The molecule has 3 aromatic rings. The average Bonchev–Trinajstić information content (AvgIpc) is 3.51. The van der Waals surface area contributed by atoms with Crippen molar-refractivity contribution in [2.75, 3.05) is 17.6 Å². The lowest BCUT2D eigenvalue weighted by atomic mass is 10.1. The molecule has 1 aliphatic rings. The Bertz CT molecular complexity index is 1280. The van der Waals surface area contributed by atoms with Crippen LogP contribution in [-0.2, 0) is 11.2 Å². The number of aromatic carboxylic acids is 1. The van der Waals surface area contributed by atoms with Gasteiger partial charge in [0.25, 0.3) is 5.91 Å². The van der Waals surface area contributed by atoms with Gasteiger partial charge in [0.1, 0.15) is 5.69 Å². The zero-order valence-electron chi connectivity index (χ0n) is 19.8. The van der Waals surface area contributed by atoms with E-state index in [4.69, 9.17) is 5.11 Å². The van der Waals surface area contributed by atoms with Crippen molar-refractivity contribution in [1.29, 1.82) is 0 Å². The summed E-state index contributed by atoms with van der Waals surface area (Å²) in [5, 5.41) is 23.9. The molecule has 1 aromatic carbocycles. The summed E-state index contributed by atoms with van der Waals surface area (Å²) in [6.07, 6.45) is 5.89. The Morgan fingerprint density at radius 3 is 2.86 bits per heavy atom. The van der Waals surface area contributed by atoms with Crippen LogP contribution in [0.25, 0.3) is 0 Å². The number of carboxylic acid groups (broad SMARTS) is 1. The molecule has 9 nitrogen and oxygen atoms in total. The highest BCUT2D eigenvalue weighted by Crippen LogP contribution is 2.25. The van der Waals surface area contributed by atoms with Gasteiger partial charge in [0.15, 0.2) is 10.0 Å². The number of hydrogen-bond donors (Lipinski definition) is 3. The van der Waals surface area contributed by atoms with Crippen molar-refractivity contribution in [2.45, 2.75) is 35.7 Å². The molecular weight excluding hydrogens is 512 g/mol. The largest absolute Gasteiger partial charge is 0.476 e. The molecule has 2 aromatic heterocycles. The lowest BCUT2D eigenvalue weighted by molar-refractivity contribution is -0.128. The number of aliphatic hydroxyl groups excluding tert-OH is 1. The number of thiazole rings is 1. The first-order valence-corrected chi connectivity index (χ1v) is 13.5. The number of pyridine rings is 1. The molecule has 2 amide bonds. The van der Waals surface area contributed by atoms with Crippen LogP contribution in [0.15, 0.2) is 70.5 Å². The van der Waals surface area contributed by atoms with Crippen molar-refractivity contribution in [3.8, 4) is 0 Å². The van der Waals surface area contributed by atoms with Crippen molar-refractivity contribution in [3.63, 3.8) is 0 Å². The van der Waals surface area contributed by atoms with Crippen molar-refractivity contribution in [1.82, 2.24) is 14.9 Å². The lowest BCUT2D eigenvalue weighted by Crippen LogP contribution is -2.33. The van der Waals surface area contributed by atoms with E-state index in [1.807, 2.05) is 24.3 Å². The maximum Gasteiger partial charge on any atom is 0.355 e. The number of amides is 2. The number of likely N-dealkylation sites (tertiary alicyclic amines) is 1. The quantitative estimate of drug-likeness (QED) is 0.249. The van der Waals surface area contributed by atoms with E-state index in [0.29, 0.717) is 47.3 Å². The number of carbonyl (C=O) groups is 3. The van der Waals surface area contributed by atoms with E-state index in [-0.39, 0.29) is 23.6 Å². The molecule has 0 radical (unpaired) electrons.